The van der Waals surface area contributed by atoms with E-state index in [4.69, 9.17) is 4.42 Å². The van der Waals surface area contributed by atoms with E-state index in [1.54, 1.807) is 12.3 Å². The summed E-state index contributed by atoms with van der Waals surface area (Å²) >= 11 is 0. The summed E-state index contributed by atoms with van der Waals surface area (Å²) in [5.41, 5.74) is 2.79. The van der Waals surface area contributed by atoms with Crippen LogP contribution in [0, 0.1) is 0 Å². The van der Waals surface area contributed by atoms with Crippen molar-refractivity contribution in [1.82, 2.24) is 19.7 Å². The molecule has 0 aliphatic rings. The lowest BCUT2D eigenvalue weighted by molar-refractivity contribution is 0.482. The summed E-state index contributed by atoms with van der Waals surface area (Å²) < 4.78 is 7.09. The number of oxazole rings is 1. The third kappa shape index (κ3) is 2.81. The molecule has 6 heteroatoms. The molecular weight excluding hydrogens is 304 g/mol. The summed E-state index contributed by atoms with van der Waals surface area (Å²) in [6.07, 6.45) is 2.19. The Morgan fingerprint density at radius 1 is 0.958 bits per heavy atom. The first-order chi connectivity index (χ1) is 11.8. The van der Waals surface area contributed by atoms with Gasteiger partial charge in [-0.25, -0.2) is 9.67 Å². The lowest BCUT2D eigenvalue weighted by atomic mass is 10.2. The number of para-hydroxylation sites is 2. The van der Waals surface area contributed by atoms with Crippen LogP contribution < -0.4 is 5.56 Å². The highest BCUT2D eigenvalue weighted by Gasteiger charge is 2.08. The largest absolute Gasteiger partial charge is 0.441 e. The monoisotopic (exact) mass is 318 g/mol. The van der Waals surface area contributed by atoms with Crippen molar-refractivity contribution in [2.45, 2.75) is 13.0 Å². The minimum absolute atomic E-state index is 0.161. The molecule has 3 aromatic heterocycles. The van der Waals surface area contributed by atoms with Crippen molar-refractivity contribution >= 4 is 11.1 Å². The highest BCUT2D eigenvalue weighted by atomic mass is 16.3. The third-order valence-corrected chi connectivity index (χ3v) is 3.67. The van der Waals surface area contributed by atoms with Crippen molar-refractivity contribution < 1.29 is 4.42 Å². The molecule has 0 amide bonds. The lowest BCUT2D eigenvalue weighted by Gasteiger charge is -2.05. The van der Waals surface area contributed by atoms with Crippen LogP contribution in [0.15, 0.2) is 70.0 Å². The first kappa shape index (κ1) is 14.3. The number of pyridine rings is 1. The van der Waals surface area contributed by atoms with Gasteiger partial charge in [-0.05, 0) is 30.3 Å². The predicted octanol–water partition coefficient (Wildman–Crippen LogP) is 2.69. The summed E-state index contributed by atoms with van der Waals surface area (Å²) in [4.78, 5) is 20.7. The Kier molecular flexibility index (Phi) is 3.63. The van der Waals surface area contributed by atoms with E-state index >= 15 is 0 Å². The fourth-order valence-corrected chi connectivity index (χ4v) is 2.49. The maximum atomic E-state index is 12.0. The molecule has 0 N–H and O–H groups in total. The van der Waals surface area contributed by atoms with Gasteiger partial charge >= 0.3 is 0 Å². The molecule has 6 nitrogen and oxygen atoms in total. The van der Waals surface area contributed by atoms with Crippen LogP contribution in [0.5, 0.6) is 0 Å². The molecule has 0 bridgehead atoms. The molecular formula is C18H14N4O2. The fourth-order valence-electron chi connectivity index (χ4n) is 2.49. The first-order valence-electron chi connectivity index (χ1n) is 7.64. The Hall–Kier alpha value is -3.28. The van der Waals surface area contributed by atoms with Crippen molar-refractivity contribution in [3.05, 3.63) is 77.0 Å². The maximum absolute atomic E-state index is 12.0. The topological polar surface area (TPSA) is 73.8 Å². The zero-order chi connectivity index (χ0) is 16.4. The number of hydrogen-bond donors (Lipinski definition) is 0. The van der Waals surface area contributed by atoms with E-state index in [0.717, 1.165) is 16.8 Å². The molecule has 3 heterocycles. The van der Waals surface area contributed by atoms with E-state index in [9.17, 15) is 4.79 Å². The highest BCUT2D eigenvalue weighted by molar-refractivity contribution is 5.72. The van der Waals surface area contributed by atoms with Gasteiger partial charge in [0.15, 0.2) is 11.5 Å². The Bertz CT molecular complexity index is 1000. The average molecular weight is 318 g/mol. The summed E-state index contributed by atoms with van der Waals surface area (Å²) in [6.45, 7) is 0.395. The van der Waals surface area contributed by atoms with E-state index in [0.29, 0.717) is 24.6 Å². The standard InChI is InChI=1S/C18H14N4O2/c23-18-9-8-14(13-5-3-4-11-19-13)21-22(18)12-10-17-20-15-6-1-2-7-16(15)24-17/h1-9,11H,10,12H2. The molecule has 0 aliphatic carbocycles. The molecule has 24 heavy (non-hydrogen) atoms. The summed E-state index contributed by atoms with van der Waals surface area (Å²) in [6, 6.07) is 16.4. The van der Waals surface area contributed by atoms with Crippen molar-refractivity contribution in [1.29, 1.82) is 0 Å². The van der Waals surface area contributed by atoms with Crippen LogP contribution in [0.2, 0.25) is 0 Å². The number of hydrogen-bond acceptors (Lipinski definition) is 5. The summed E-state index contributed by atoms with van der Waals surface area (Å²) in [5.74, 6) is 0.591. The van der Waals surface area contributed by atoms with Crippen LogP contribution >= 0.6 is 0 Å². The number of benzene rings is 1. The zero-order valence-electron chi connectivity index (χ0n) is 12.8. The maximum Gasteiger partial charge on any atom is 0.266 e. The number of fused-ring (bicyclic) bond motifs is 1. The van der Waals surface area contributed by atoms with Gasteiger partial charge in [-0.1, -0.05) is 18.2 Å². The van der Waals surface area contributed by atoms with Crippen molar-refractivity contribution in [3.63, 3.8) is 0 Å². The van der Waals surface area contributed by atoms with Gasteiger partial charge in [-0.2, -0.15) is 5.10 Å². The van der Waals surface area contributed by atoms with Crippen LogP contribution in [-0.2, 0) is 13.0 Å². The quantitative estimate of drug-likeness (QED) is 0.578. The van der Waals surface area contributed by atoms with E-state index in [-0.39, 0.29) is 5.56 Å². The van der Waals surface area contributed by atoms with Crippen LogP contribution in [0.1, 0.15) is 5.89 Å². The molecule has 0 fully saturated rings. The molecule has 4 aromatic rings. The van der Waals surface area contributed by atoms with Gasteiger partial charge in [0.05, 0.1) is 12.2 Å². The third-order valence-electron chi connectivity index (χ3n) is 3.67. The van der Waals surface area contributed by atoms with Gasteiger partial charge in [0.25, 0.3) is 5.56 Å². The molecule has 1 aromatic carbocycles. The molecule has 0 radical (unpaired) electrons. The first-order valence-corrected chi connectivity index (χ1v) is 7.64. The molecule has 0 saturated carbocycles. The minimum Gasteiger partial charge on any atom is -0.441 e. The minimum atomic E-state index is -0.161. The normalized spacial score (nSPS) is 11.0. The fraction of sp³-hybridized carbons (Fsp3) is 0.111. The van der Waals surface area contributed by atoms with Gasteiger partial charge in [0.2, 0.25) is 0 Å². The van der Waals surface area contributed by atoms with Crippen LogP contribution in [0.25, 0.3) is 22.5 Å². The summed E-state index contributed by atoms with van der Waals surface area (Å²) in [5, 5.41) is 4.38. The van der Waals surface area contributed by atoms with Crippen molar-refractivity contribution in [2.75, 3.05) is 0 Å². The molecule has 0 spiro atoms. The Morgan fingerprint density at radius 3 is 2.67 bits per heavy atom. The van der Waals surface area contributed by atoms with E-state index in [1.807, 2.05) is 42.5 Å². The van der Waals surface area contributed by atoms with Gasteiger partial charge in [-0.15, -0.1) is 0 Å². The highest BCUT2D eigenvalue weighted by Crippen LogP contribution is 2.15. The smallest absolute Gasteiger partial charge is 0.266 e. The second-order valence-electron chi connectivity index (χ2n) is 5.32. The molecule has 0 atom stereocenters. The Morgan fingerprint density at radius 2 is 1.83 bits per heavy atom. The molecule has 4 rings (SSSR count). The van der Waals surface area contributed by atoms with Crippen LogP contribution in [0.4, 0.5) is 0 Å². The number of aromatic nitrogens is 4. The number of rotatable bonds is 4. The van der Waals surface area contributed by atoms with Crippen LogP contribution in [0.3, 0.4) is 0 Å². The van der Waals surface area contributed by atoms with Gasteiger partial charge in [0.1, 0.15) is 11.2 Å². The molecule has 0 unspecified atom stereocenters. The Balaban J connectivity index is 1.59. The van der Waals surface area contributed by atoms with E-state index in [1.165, 1.54) is 10.7 Å². The molecule has 0 saturated heterocycles. The second kappa shape index (κ2) is 6.08. The van der Waals surface area contributed by atoms with E-state index in [2.05, 4.69) is 15.1 Å². The van der Waals surface area contributed by atoms with Crippen molar-refractivity contribution in [2.24, 2.45) is 0 Å². The zero-order valence-corrected chi connectivity index (χ0v) is 12.8. The lowest BCUT2D eigenvalue weighted by Crippen LogP contribution is -2.23. The number of aryl methyl sites for hydroxylation is 2. The second-order valence-corrected chi connectivity index (χ2v) is 5.32. The molecule has 0 aliphatic heterocycles. The van der Waals surface area contributed by atoms with Gasteiger partial charge < -0.3 is 4.42 Å². The van der Waals surface area contributed by atoms with Gasteiger partial charge in [0, 0.05) is 18.7 Å². The molecule has 118 valence electrons. The summed E-state index contributed by atoms with van der Waals surface area (Å²) in [7, 11) is 0. The van der Waals surface area contributed by atoms with Crippen LogP contribution in [-0.4, -0.2) is 19.7 Å². The average Bonchev–Trinajstić information content (AvgIpc) is 3.05. The van der Waals surface area contributed by atoms with Gasteiger partial charge in [-0.3, -0.25) is 9.78 Å². The SMILES string of the molecule is O=c1ccc(-c2ccccn2)nn1CCc1nc2ccccc2o1. The number of nitrogens with zero attached hydrogens (tertiary/aromatic N) is 4. The Labute approximate surface area is 137 Å². The van der Waals surface area contributed by atoms with E-state index < -0.39 is 0 Å². The predicted molar refractivity (Wildman–Crippen MR) is 89.4 cm³/mol. The van der Waals surface area contributed by atoms with Crippen molar-refractivity contribution in [3.8, 4) is 11.4 Å².